The Balaban J connectivity index is 2.02. The highest BCUT2D eigenvalue weighted by atomic mass is 32.2. The topological polar surface area (TPSA) is 51.2 Å². The fraction of sp³-hybridized carbons (Fsp3) is 0.188. The van der Waals surface area contributed by atoms with Crippen LogP contribution in [-0.4, -0.2) is 20.5 Å². The van der Waals surface area contributed by atoms with Crippen LogP contribution < -0.4 is 0 Å². The molecule has 0 saturated heterocycles. The number of ketones is 1. The lowest BCUT2D eigenvalue weighted by Crippen LogP contribution is -2.06. The molecule has 0 N–H and O–H groups in total. The summed E-state index contributed by atoms with van der Waals surface area (Å²) in [6.45, 7) is 0. The Morgan fingerprint density at radius 1 is 0.850 bits per heavy atom. The molecule has 20 heavy (non-hydrogen) atoms. The molecule has 0 aliphatic rings. The molecule has 0 radical (unpaired) electrons. The summed E-state index contributed by atoms with van der Waals surface area (Å²) >= 11 is 0. The smallest absolute Gasteiger partial charge is 0.175 e. The number of benzene rings is 2. The van der Waals surface area contributed by atoms with Crippen molar-refractivity contribution in [3.05, 3.63) is 65.7 Å². The van der Waals surface area contributed by atoms with Crippen molar-refractivity contribution >= 4 is 15.6 Å². The first-order valence-corrected chi connectivity index (χ1v) is 8.19. The standard InChI is InChI=1S/C16H16O3S/c1-20(18,19)16-9-7-14(8-10-16)12-15(17)11-13-5-3-2-4-6-13/h2-10H,11-12H2,1H3. The summed E-state index contributed by atoms with van der Waals surface area (Å²) in [6.07, 6.45) is 1.89. The SMILES string of the molecule is CS(=O)(=O)c1ccc(CC(=O)Cc2ccccc2)cc1. The molecule has 2 rings (SSSR count). The van der Waals surface area contributed by atoms with E-state index in [1.165, 1.54) is 6.26 Å². The maximum atomic E-state index is 11.9. The van der Waals surface area contributed by atoms with Crippen LogP contribution in [0.3, 0.4) is 0 Å². The third-order valence-electron chi connectivity index (χ3n) is 3.00. The summed E-state index contributed by atoms with van der Waals surface area (Å²) in [6, 6.07) is 16.0. The van der Waals surface area contributed by atoms with Crippen molar-refractivity contribution in [2.24, 2.45) is 0 Å². The number of hydrogen-bond donors (Lipinski definition) is 0. The molecular weight excluding hydrogens is 272 g/mol. The summed E-state index contributed by atoms with van der Waals surface area (Å²) in [5, 5.41) is 0. The third-order valence-corrected chi connectivity index (χ3v) is 4.13. The van der Waals surface area contributed by atoms with E-state index in [0.29, 0.717) is 12.8 Å². The zero-order chi connectivity index (χ0) is 14.6. The first-order chi connectivity index (χ1) is 9.45. The normalized spacial score (nSPS) is 11.2. The summed E-state index contributed by atoms with van der Waals surface area (Å²) in [7, 11) is -3.18. The van der Waals surface area contributed by atoms with Crippen molar-refractivity contribution in [1.82, 2.24) is 0 Å². The van der Waals surface area contributed by atoms with E-state index in [1.54, 1.807) is 24.3 Å². The second-order valence-electron chi connectivity index (χ2n) is 4.79. The van der Waals surface area contributed by atoms with E-state index in [1.807, 2.05) is 30.3 Å². The Labute approximate surface area is 119 Å². The van der Waals surface area contributed by atoms with Gasteiger partial charge in [0.2, 0.25) is 0 Å². The molecule has 2 aromatic carbocycles. The van der Waals surface area contributed by atoms with E-state index in [4.69, 9.17) is 0 Å². The van der Waals surface area contributed by atoms with E-state index in [2.05, 4.69) is 0 Å². The average Bonchev–Trinajstić information content (AvgIpc) is 2.39. The lowest BCUT2D eigenvalue weighted by molar-refractivity contribution is -0.117. The van der Waals surface area contributed by atoms with Crippen molar-refractivity contribution in [1.29, 1.82) is 0 Å². The highest BCUT2D eigenvalue weighted by molar-refractivity contribution is 7.90. The Hall–Kier alpha value is -1.94. The van der Waals surface area contributed by atoms with E-state index in [0.717, 1.165) is 11.1 Å². The number of hydrogen-bond acceptors (Lipinski definition) is 3. The van der Waals surface area contributed by atoms with Gasteiger partial charge in [0.25, 0.3) is 0 Å². The minimum absolute atomic E-state index is 0.114. The molecule has 3 nitrogen and oxygen atoms in total. The molecule has 0 aliphatic heterocycles. The fourth-order valence-corrected chi connectivity index (χ4v) is 2.60. The maximum Gasteiger partial charge on any atom is 0.175 e. The maximum absolute atomic E-state index is 11.9. The van der Waals surface area contributed by atoms with Gasteiger partial charge in [-0.05, 0) is 23.3 Å². The van der Waals surface area contributed by atoms with Crippen molar-refractivity contribution in [2.45, 2.75) is 17.7 Å². The van der Waals surface area contributed by atoms with Crippen LogP contribution in [0.4, 0.5) is 0 Å². The van der Waals surface area contributed by atoms with E-state index in [-0.39, 0.29) is 10.7 Å². The van der Waals surface area contributed by atoms with Crippen LogP contribution in [-0.2, 0) is 27.5 Å². The molecule has 0 bridgehead atoms. The Morgan fingerprint density at radius 3 is 1.85 bits per heavy atom. The van der Waals surface area contributed by atoms with Gasteiger partial charge in [0.15, 0.2) is 9.84 Å². The molecule has 0 amide bonds. The summed E-state index contributed by atoms with van der Waals surface area (Å²) in [4.78, 5) is 12.2. The van der Waals surface area contributed by atoms with Crippen LogP contribution in [0.2, 0.25) is 0 Å². The number of carbonyl (C=O) groups excluding carboxylic acids is 1. The van der Waals surface area contributed by atoms with Gasteiger partial charge in [0.1, 0.15) is 5.78 Å². The van der Waals surface area contributed by atoms with Crippen LogP contribution in [0.15, 0.2) is 59.5 Å². The molecule has 0 aromatic heterocycles. The van der Waals surface area contributed by atoms with Crippen LogP contribution in [0.5, 0.6) is 0 Å². The minimum Gasteiger partial charge on any atom is -0.299 e. The van der Waals surface area contributed by atoms with Gasteiger partial charge in [-0.1, -0.05) is 42.5 Å². The van der Waals surface area contributed by atoms with Crippen molar-refractivity contribution in [3.8, 4) is 0 Å². The van der Waals surface area contributed by atoms with Crippen LogP contribution in [0.25, 0.3) is 0 Å². The molecule has 0 atom stereocenters. The van der Waals surface area contributed by atoms with Crippen LogP contribution in [0.1, 0.15) is 11.1 Å². The van der Waals surface area contributed by atoms with Crippen molar-refractivity contribution in [3.63, 3.8) is 0 Å². The molecule has 104 valence electrons. The molecule has 0 fully saturated rings. The zero-order valence-corrected chi connectivity index (χ0v) is 12.1. The predicted octanol–water partition coefficient (Wildman–Crippen LogP) is 2.44. The molecule has 0 unspecified atom stereocenters. The Morgan fingerprint density at radius 2 is 1.35 bits per heavy atom. The van der Waals surface area contributed by atoms with E-state index < -0.39 is 9.84 Å². The number of Topliss-reactive ketones (excluding diaryl/α,β-unsaturated/α-hetero) is 1. The van der Waals surface area contributed by atoms with Gasteiger partial charge in [-0.3, -0.25) is 4.79 Å². The largest absolute Gasteiger partial charge is 0.299 e. The summed E-state index contributed by atoms with van der Waals surface area (Å²) in [5.74, 6) is 0.114. The van der Waals surface area contributed by atoms with Crippen molar-refractivity contribution < 1.29 is 13.2 Å². The van der Waals surface area contributed by atoms with Gasteiger partial charge < -0.3 is 0 Å². The minimum atomic E-state index is -3.18. The van der Waals surface area contributed by atoms with Gasteiger partial charge in [-0.25, -0.2) is 8.42 Å². The van der Waals surface area contributed by atoms with Crippen LogP contribution >= 0.6 is 0 Å². The molecule has 0 spiro atoms. The highest BCUT2D eigenvalue weighted by Crippen LogP contribution is 2.12. The van der Waals surface area contributed by atoms with Crippen LogP contribution in [0, 0.1) is 0 Å². The molecule has 0 aliphatic carbocycles. The molecule has 0 heterocycles. The lowest BCUT2D eigenvalue weighted by Gasteiger charge is -2.03. The average molecular weight is 288 g/mol. The molecular formula is C16H16O3S. The zero-order valence-electron chi connectivity index (χ0n) is 11.2. The second-order valence-corrected chi connectivity index (χ2v) is 6.81. The van der Waals surface area contributed by atoms with Gasteiger partial charge in [0.05, 0.1) is 4.90 Å². The van der Waals surface area contributed by atoms with Gasteiger partial charge >= 0.3 is 0 Å². The Kier molecular flexibility index (Phi) is 4.35. The predicted molar refractivity (Wildman–Crippen MR) is 78.4 cm³/mol. The van der Waals surface area contributed by atoms with Gasteiger partial charge in [0, 0.05) is 19.1 Å². The Bertz CT molecular complexity index is 686. The quantitative estimate of drug-likeness (QED) is 0.849. The molecule has 4 heteroatoms. The second kappa shape index (κ2) is 6.01. The highest BCUT2D eigenvalue weighted by Gasteiger charge is 2.08. The number of sulfone groups is 1. The van der Waals surface area contributed by atoms with Crippen molar-refractivity contribution in [2.75, 3.05) is 6.26 Å². The first kappa shape index (κ1) is 14.5. The lowest BCUT2D eigenvalue weighted by atomic mass is 10.0. The molecule has 0 saturated carbocycles. The van der Waals surface area contributed by atoms with Gasteiger partial charge in [-0.2, -0.15) is 0 Å². The van der Waals surface area contributed by atoms with E-state index in [9.17, 15) is 13.2 Å². The van der Waals surface area contributed by atoms with E-state index >= 15 is 0 Å². The summed E-state index contributed by atoms with van der Waals surface area (Å²) in [5.41, 5.74) is 1.82. The monoisotopic (exact) mass is 288 g/mol. The molecule has 2 aromatic rings. The number of rotatable bonds is 5. The summed E-state index contributed by atoms with van der Waals surface area (Å²) < 4.78 is 22.7. The fourth-order valence-electron chi connectivity index (χ4n) is 1.97. The first-order valence-electron chi connectivity index (χ1n) is 6.30. The third kappa shape index (κ3) is 4.03. The van der Waals surface area contributed by atoms with Gasteiger partial charge in [-0.15, -0.1) is 0 Å². The number of carbonyl (C=O) groups is 1.